The lowest BCUT2D eigenvalue weighted by atomic mass is 10.0. The van der Waals surface area contributed by atoms with Gasteiger partial charge in [-0.05, 0) is 69.3 Å². The quantitative estimate of drug-likeness (QED) is 0.433. The summed E-state index contributed by atoms with van der Waals surface area (Å²) < 4.78 is 26.7. The molecule has 176 valence electrons. The van der Waals surface area contributed by atoms with Crippen LogP contribution in [0.4, 0.5) is 14.7 Å². The highest BCUT2D eigenvalue weighted by Gasteiger charge is 2.22. The first-order chi connectivity index (χ1) is 15.8. The average Bonchev–Trinajstić information content (AvgIpc) is 2.77. The van der Waals surface area contributed by atoms with Crippen molar-refractivity contribution >= 4 is 5.95 Å². The summed E-state index contributed by atoms with van der Waals surface area (Å²) in [5.41, 5.74) is 3.66. The van der Waals surface area contributed by atoms with E-state index >= 15 is 0 Å². The molecular formula is C26H33F2N5. The Morgan fingerprint density at radius 1 is 1.00 bits per heavy atom. The maximum absolute atomic E-state index is 13.4. The summed E-state index contributed by atoms with van der Waals surface area (Å²) in [7, 11) is 2.14. The van der Waals surface area contributed by atoms with Gasteiger partial charge in [0.05, 0.1) is 5.69 Å². The van der Waals surface area contributed by atoms with Gasteiger partial charge in [-0.3, -0.25) is 4.90 Å². The number of nitrogens with zero attached hydrogens (tertiary/aromatic N) is 3. The molecule has 7 heteroatoms. The molecule has 5 nitrogen and oxygen atoms in total. The zero-order valence-corrected chi connectivity index (χ0v) is 19.8. The first-order valence-electron chi connectivity index (χ1n) is 11.3. The van der Waals surface area contributed by atoms with Crippen LogP contribution >= 0.6 is 0 Å². The minimum Gasteiger partial charge on any atom is -0.354 e. The zero-order chi connectivity index (χ0) is 23.8. The summed E-state index contributed by atoms with van der Waals surface area (Å²) in [6.45, 7) is 9.76. The molecule has 0 aliphatic rings. The Kier molecular flexibility index (Phi) is 8.47. The fourth-order valence-electron chi connectivity index (χ4n) is 3.56. The van der Waals surface area contributed by atoms with Crippen molar-refractivity contribution < 1.29 is 8.78 Å². The number of halogens is 2. The third-order valence-electron chi connectivity index (χ3n) is 5.76. The molecular weight excluding hydrogens is 420 g/mol. The van der Waals surface area contributed by atoms with Crippen LogP contribution in [0.3, 0.4) is 0 Å². The predicted octanol–water partition coefficient (Wildman–Crippen LogP) is 4.90. The topological polar surface area (TPSA) is 53.1 Å². The molecule has 33 heavy (non-hydrogen) atoms. The normalized spacial score (nSPS) is 11.7. The molecule has 3 rings (SSSR count). The Hall–Kier alpha value is -2.90. The first kappa shape index (κ1) is 24.7. The highest BCUT2D eigenvalue weighted by molar-refractivity contribution is 5.61. The van der Waals surface area contributed by atoms with Crippen LogP contribution in [0, 0.1) is 11.6 Å². The first-order valence-corrected chi connectivity index (χ1v) is 11.3. The van der Waals surface area contributed by atoms with Crippen molar-refractivity contribution in [1.29, 1.82) is 0 Å². The number of anilines is 1. The van der Waals surface area contributed by atoms with Crippen LogP contribution in [0.25, 0.3) is 11.3 Å². The minimum absolute atomic E-state index is 0.0304. The van der Waals surface area contributed by atoms with Crippen molar-refractivity contribution in [3.05, 3.63) is 77.5 Å². The predicted molar refractivity (Wildman–Crippen MR) is 130 cm³/mol. The molecule has 0 amide bonds. The molecule has 1 aromatic heterocycles. The van der Waals surface area contributed by atoms with Crippen LogP contribution in [0.1, 0.15) is 31.9 Å². The van der Waals surface area contributed by atoms with Gasteiger partial charge in [-0.15, -0.1) is 0 Å². The monoisotopic (exact) mass is 453 g/mol. The van der Waals surface area contributed by atoms with Gasteiger partial charge in [0.25, 0.3) is 0 Å². The second-order valence-electron chi connectivity index (χ2n) is 8.87. The van der Waals surface area contributed by atoms with Crippen LogP contribution < -0.4 is 10.6 Å². The fraction of sp³-hybridized carbons (Fsp3) is 0.385. The van der Waals surface area contributed by atoms with Crippen molar-refractivity contribution in [2.45, 2.75) is 39.3 Å². The van der Waals surface area contributed by atoms with Crippen LogP contribution in [-0.2, 0) is 13.0 Å². The molecule has 1 heterocycles. The number of likely N-dealkylation sites (N-methyl/N-ethyl adjacent to an activating group) is 2. The van der Waals surface area contributed by atoms with Crippen molar-refractivity contribution in [1.82, 2.24) is 20.2 Å². The smallest absolute Gasteiger partial charge is 0.223 e. The molecule has 3 aromatic rings. The summed E-state index contributed by atoms with van der Waals surface area (Å²) in [6.07, 6.45) is 2.18. The molecule has 0 bridgehead atoms. The Labute approximate surface area is 195 Å². The van der Waals surface area contributed by atoms with Gasteiger partial charge in [0.1, 0.15) is 11.6 Å². The Morgan fingerprint density at radius 2 is 1.76 bits per heavy atom. The second-order valence-corrected chi connectivity index (χ2v) is 8.87. The fourth-order valence-corrected chi connectivity index (χ4v) is 3.56. The van der Waals surface area contributed by atoms with E-state index < -0.39 is 11.6 Å². The number of hydrogen-bond donors (Lipinski definition) is 2. The van der Waals surface area contributed by atoms with Gasteiger partial charge in [-0.1, -0.05) is 25.1 Å². The number of nitrogens with one attached hydrogen (secondary N) is 2. The maximum Gasteiger partial charge on any atom is 0.223 e. The van der Waals surface area contributed by atoms with Crippen LogP contribution in [0.2, 0.25) is 0 Å². The largest absolute Gasteiger partial charge is 0.354 e. The van der Waals surface area contributed by atoms with Gasteiger partial charge in [0.15, 0.2) is 0 Å². The van der Waals surface area contributed by atoms with Gasteiger partial charge < -0.3 is 10.6 Å². The molecule has 0 aliphatic heterocycles. The molecule has 0 saturated carbocycles. The molecule has 0 radical (unpaired) electrons. The Morgan fingerprint density at radius 3 is 2.48 bits per heavy atom. The molecule has 0 fully saturated rings. The van der Waals surface area contributed by atoms with Crippen LogP contribution in [-0.4, -0.2) is 47.1 Å². The molecule has 0 spiro atoms. The van der Waals surface area contributed by atoms with Crippen molar-refractivity contribution in [2.75, 3.05) is 32.0 Å². The van der Waals surface area contributed by atoms with E-state index in [4.69, 9.17) is 0 Å². The molecule has 2 N–H and O–H groups in total. The number of benzene rings is 2. The van der Waals surface area contributed by atoms with Crippen LogP contribution in [0.5, 0.6) is 0 Å². The molecule has 0 atom stereocenters. The lowest BCUT2D eigenvalue weighted by Crippen LogP contribution is -2.48. The van der Waals surface area contributed by atoms with Gasteiger partial charge in [-0.2, -0.15) is 0 Å². The summed E-state index contributed by atoms with van der Waals surface area (Å²) in [4.78, 5) is 11.2. The Balaban J connectivity index is 1.65. The van der Waals surface area contributed by atoms with Crippen molar-refractivity contribution in [3.63, 3.8) is 0 Å². The van der Waals surface area contributed by atoms with Crippen molar-refractivity contribution in [2.24, 2.45) is 0 Å². The lowest BCUT2D eigenvalue weighted by molar-refractivity contribution is 0.145. The average molecular weight is 454 g/mol. The minimum atomic E-state index is -0.571. The summed E-state index contributed by atoms with van der Waals surface area (Å²) in [6, 6.07) is 13.8. The SMILES string of the molecule is CCNCC(C)(C)N(C)Cc1cccc(-c2ccnc(NCCc3cc(F)cc(F)c3)n2)c1. The van der Waals surface area contributed by atoms with E-state index in [2.05, 4.69) is 65.5 Å². The molecule has 0 aliphatic carbocycles. The van der Waals surface area contributed by atoms with E-state index in [0.717, 1.165) is 37.0 Å². The maximum atomic E-state index is 13.4. The number of aromatic nitrogens is 2. The molecule has 0 saturated heterocycles. The van der Waals surface area contributed by atoms with Gasteiger partial charge >= 0.3 is 0 Å². The van der Waals surface area contributed by atoms with E-state index in [0.29, 0.717) is 24.5 Å². The van der Waals surface area contributed by atoms with Gasteiger partial charge in [-0.25, -0.2) is 18.7 Å². The molecule has 2 aromatic carbocycles. The van der Waals surface area contributed by atoms with E-state index in [-0.39, 0.29) is 5.54 Å². The second kappa shape index (κ2) is 11.3. The number of hydrogen-bond acceptors (Lipinski definition) is 5. The Bertz CT molecular complexity index is 1030. The highest BCUT2D eigenvalue weighted by atomic mass is 19.1. The third kappa shape index (κ3) is 7.30. The molecule has 0 unspecified atom stereocenters. The van der Waals surface area contributed by atoms with Crippen molar-refractivity contribution in [3.8, 4) is 11.3 Å². The van der Waals surface area contributed by atoms with E-state index in [1.807, 2.05) is 18.2 Å². The summed E-state index contributed by atoms with van der Waals surface area (Å²) >= 11 is 0. The summed E-state index contributed by atoms with van der Waals surface area (Å²) in [5.74, 6) is -0.656. The van der Waals surface area contributed by atoms with E-state index in [1.165, 1.54) is 17.7 Å². The standard InChI is InChI=1S/C26H33F2N5/c1-5-29-18-26(2,3)33(4)17-20-7-6-8-21(13-20)24-10-12-31-25(32-24)30-11-9-19-14-22(27)16-23(28)15-19/h6-8,10,12-16,29H,5,9,11,17-18H2,1-4H3,(H,30,31,32). The van der Waals surface area contributed by atoms with Gasteiger partial charge in [0.2, 0.25) is 5.95 Å². The highest BCUT2D eigenvalue weighted by Crippen LogP contribution is 2.22. The third-order valence-corrected chi connectivity index (χ3v) is 5.76. The van der Waals surface area contributed by atoms with Gasteiger partial charge in [0, 0.05) is 43.0 Å². The summed E-state index contributed by atoms with van der Waals surface area (Å²) in [5, 5.41) is 6.57. The van der Waals surface area contributed by atoms with Crippen LogP contribution in [0.15, 0.2) is 54.7 Å². The lowest BCUT2D eigenvalue weighted by Gasteiger charge is -2.36. The van der Waals surface area contributed by atoms with E-state index in [9.17, 15) is 8.78 Å². The zero-order valence-electron chi connectivity index (χ0n) is 19.8. The van der Waals surface area contributed by atoms with E-state index in [1.54, 1.807) is 6.20 Å². The number of rotatable bonds is 11.